The van der Waals surface area contributed by atoms with E-state index in [1.165, 1.54) is 29.4 Å². The van der Waals surface area contributed by atoms with E-state index >= 15 is 0 Å². The van der Waals surface area contributed by atoms with Crippen LogP contribution in [-0.2, 0) is 20.8 Å². The van der Waals surface area contributed by atoms with Gasteiger partial charge in [0.1, 0.15) is 6.54 Å². The molecule has 0 spiro atoms. The molecule has 4 amide bonds. The van der Waals surface area contributed by atoms with E-state index in [-0.39, 0.29) is 48.3 Å². The van der Waals surface area contributed by atoms with Gasteiger partial charge in [0.25, 0.3) is 5.91 Å². The monoisotopic (exact) mass is 475 g/mol. The Kier molecular flexibility index (Phi) is 8.21. The molecule has 1 saturated heterocycles. The summed E-state index contributed by atoms with van der Waals surface area (Å²) >= 11 is 1.23. The Morgan fingerprint density at radius 2 is 1.88 bits per heavy atom. The number of piperazine rings is 1. The molecule has 0 aliphatic carbocycles. The topological polar surface area (TPSA) is 116 Å². The van der Waals surface area contributed by atoms with Crippen molar-refractivity contribution in [2.75, 3.05) is 44.6 Å². The summed E-state index contributed by atoms with van der Waals surface area (Å²) < 4.78 is 5.18. The Balaban J connectivity index is 1.52. The van der Waals surface area contributed by atoms with Crippen LogP contribution in [0.3, 0.4) is 0 Å². The molecule has 0 atom stereocenters. The first-order valence-corrected chi connectivity index (χ1v) is 11.7. The molecule has 0 saturated carbocycles. The van der Waals surface area contributed by atoms with Crippen LogP contribution < -0.4 is 5.32 Å². The Bertz CT molecular complexity index is 979. The van der Waals surface area contributed by atoms with E-state index in [9.17, 15) is 19.2 Å². The number of hydrogen-bond donors (Lipinski definition) is 1. The Hall–Kier alpha value is -3.21. The lowest BCUT2D eigenvalue weighted by atomic mass is 10.2. The molecule has 33 heavy (non-hydrogen) atoms. The zero-order valence-electron chi connectivity index (χ0n) is 19.1. The summed E-state index contributed by atoms with van der Waals surface area (Å²) in [6, 6.07) is 3.19. The number of carbonyl (C=O) groups excluding carboxylic acids is 4. The largest absolute Gasteiger partial charge is 0.459 e. The molecule has 1 N–H and O–H groups in total. The third-order valence-electron chi connectivity index (χ3n) is 5.15. The van der Waals surface area contributed by atoms with E-state index in [1.807, 2.05) is 13.8 Å². The van der Waals surface area contributed by atoms with Crippen molar-refractivity contribution in [3.05, 3.63) is 35.2 Å². The number of carbonyl (C=O) groups is 4. The number of thiazole rings is 1. The standard InChI is InChI=1S/C22H29N5O5S/c1-15(2)12-27(21(31)18-5-4-10-32-18)13-19(29)24-22-23-17(14-33-22)11-20(30)26-8-6-25(7-9-26)16(3)28/h4-5,10,14-15H,6-9,11-13H2,1-3H3,(H,23,24,29). The van der Waals surface area contributed by atoms with Crippen molar-refractivity contribution in [2.24, 2.45) is 5.92 Å². The second-order valence-electron chi connectivity index (χ2n) is 8.31. The second-order valence-corrected chi connectivity index (χ2v) is 9.17. The fraction of sp³-hybridized carbons (Fsp3) is 0.500. The Morgan fingerprint density at radius 3 is 2.48 bits per heavy atom. The van der Waals surface area contributed by atoms with Gasteiger partial charge in [-0.3, -0.25) is 19.2 Å². The smallest absolute Gasteiger partial charge is 0.290 e. The summed E-state index contributed by atoms with van der Waals surface area (Å²) in [5.74, 6) is -0.412. The highest BCUT2D eigenvalue weighted by Crippen LogP contribution is 2.17. The zero-order chi connectivity index (χ0) is 24.0. The minimum Gasteiger partial charge on any atom is -0.459 e. The molecule has 0 radical (unpaired) electrons. The zero-order valence-corrected chi connectivity index (χ0v) is 19.9. The fourth-order valence-corrected chi connectivity index (χ4v) is 4.26. The predicted octanol–water partition coefficient (Wildman–Crippen LogP) is 1.71. The highest BCUT2D eigenvalue weighted by molar-refractivity contribution is 7.13. The maximum atomic E-state index is 12.6. The molecule has 3 rings (SSSR count). The molecule has 2 aromatic rings. The number of furan rings is 1. The highest BCUT2D eigenvalue weighted by atomic mass is 32.1. The molecule has 1 fully saturated rings. The van der Waals surface area contributed by atoms with Crippen molar-refractivity contribution in [2.45, 2.75) is 27.2 Å². The van der Waals surface area contributed by atoms with Crippen LogP contribution in [-0.4, -0.2) is 82.6 Å². The number of nitrogens with zero attached hydrogens (tertiary/aromatic N) is 4. The summed E-state index contributed by atoms with van der Waals surface area (Å²) in [5, 5.41) is 4.82. The van der Waals surface area contributed by atoms with Crippen LogP contribution in [0.4, 0.5) is 5.13 Å². The minimum atomic E-state index is -0.372. The lowest BCUT2D eigenvalue weighted by Crippen LogP contribution is -2.50. The maximum absolute atomic E-state index is 12.6. The highest BCUT2D eigenvalue weighted by Gasteiger charge is 2.24. The molecule has 3 heterocycles. The maximum Gasteiger partial charge on any atom is 0.290 e. The quantitative estimate of drug-likeness (QED) is 0.621. The molecule has 1 aliphatic heterocycles. The van der Waals surface area contributed by atoms with Crippen LogP contribution in [0.15, 0.2) is 28.2 Å². The number of rotatable bonds is 8. The van der Waals surface area contributed by atoms with Crippen molar-refractivity contribution in [1.82, 2.24) is 19.7 Å². The lowest BCUT2D eigenvalue weighted by Gasteiger charge is -2.34. The van der Waals surface area contributed by atoms with Crippen LogP contribution in [0.5, 0.6) is 0 Å². The van der Waals surface area contributed by atoms with E-state index in [0.717, 1.165) is 0 Å². The van der Waals surface area contributed by atoms with Gasteiger partial charge >= 0.3 is 0 Å². The van der Waals surface area contributed by atoms with Gasteiger partial charge in [-0.25, -0.2) is 4.98 Å². The van der Waals surface area contributed by atoms with Gasteiger partial charge in [0.15, 0.2) is 10.9 Å². The van der Waals surface area contributed by atoms with E-state index < -0.39 is 0 Å². The molecular weight excluding hydrogens is 446 g/mol. The average Bonchev–Trinajstić information content (AvgIpc) is 3.45. The number of nitrogens with one attached hydrogen (secondary N) is 1. The van der Waals surface area contributed by atoms with Gasteiger partial charge in [0.2, 0.25) is 17.7 Å². The minimum absolute atomic E-state index is 0.0137. The van der Waals surface area contributed by atoms with Crippen molar-refractivity contribution in [3.63, 3.8) is 0 Å². The third-order valence-corrected chi connectivity index (χ3v) is 5.95. The van der Waals surface area contributed by atoms with E-state index in [4.69, 9.17) is 4.42 Å². The lowest BCUT2D eigenvalue weighted by molar-refractivity contribution is -0.138. The van der Waals surface area contributed by atoms with E-state index in [2.05, 4.69) is 10.3 Å². The molecule has 1 aliphatic rings. The van der Waals surface area contributed by atoms with Crippen LogP contribution in [0.1, 0.15) is 37.0 Å². The van der Waals surface area contributed by atoms with Gasteiger partial charge in [0, 0.05) is 45.0 Å². The summed E-state index contributed by atoms with van der Waals surface area (Å²) in [4.78, 5) is 58.4. The van der Waals surface area contributed by atoms with Crippen molar-refractivity contribution < 1.29 is 23.6 Å². The van der Waals surface area contributed by atoms with Gasteiger partial charge in [-0.15, -0.1) is 11.3 Å². The van der Waals surface area contributed by atoms with Crippen LogP contribution in [0.2, 0.25) is 0 Å². The molecule has 11 heteroatoms. The van der Waals surface area contributed by atoms with E-state index in [0.29, 0.717) is 43.5 Å². The van der Waals surface area contributed by atoms with Crippen LogP contribution in [0.25, 0.3) is 0 Å². The summed E-state index contributed by atoms with van der Waals surface area (Å²) in [7, 11) is 0. The van der Waals surface area contributed by atoms with Crippen molar-refractivity contribution in [1.29, 1.82) is 0 Å². The van der Waals surface area contributed by atoms with E-state index in [1.54, 1.807) is 27.3 Å². The summed E-state index contributed by atoms with van der Waals surface area (Å²) in [5.41, 5.74) is 0.569. The van der Waals surface area contributed by atoms with Gasteiger partial charge in [-0.2, -0.15) is 0 Å². The molecule has 10 nitrogen and oxygen atoms in total. The number of amides is 4. The van der Waals surface area contributed by atoms with Gasteiger partial charge in [-0.05, 0) is 18.1 Å². The van der Waals surface area contributed by atoms with Gasteiger partial charge < -0.3 is 24.4 Å². The Morgan fingerprint density at radius 1 is 1.18 bits per heavy atom. The first-order valence-electron chi connectivity index (χ1n) is 10.8. The van der Waals surface area contributed by atoms with Crippen molar-refractivity contribution in [3.8, 4) is 0 Å². The first kappa shape index (κ1) is 24.4. The number of hydrogen-bond acceptors (Lipinski definition) is 7. The predicted molar refractivity (Wildman–Crippen MR) is 123 cm³/mol. The number of aromatic nitrogens is 1. The summed E-state index contributed by atoms with van der Waals surface area (Å²) in [6.07, 6.45) is 1.55. The second kappa shape index (κ2) is 11.1. The molecule has 178 valence electrons. The van der Waals surface area contributed by atoms with Gasteiger partial charge in [0.05, 0.1) is 18.4 Å². The van der Waals surface area contributed by atoms with Crippen LogP contribution >= 0.6 is 11.3 Å². The third kappa shape index (κ3) is 6.88. The van der Waals surface area contributed by atoms with Crippen LogP contribution in [0, 0.1) is 5.92 Å². The number of anilines is 1. The molecule has 0 unspecified atom stereocenters. The SMILES string of the molecule is CC(=O)N1CCN(C(=O)Cc2csc(NC(=O)CN(CC(C)C)C(=O)c3ccco3)n2)CC1. The normalized spacial score (nSPS) is 13.8. The summed E-state index contributed by atoms with van der Waals surface area (Å²) in [6.45, 7) is 7.79. The van der Waals surface area contributed by atoms with Crippen molar-refractivity contribution >= 4 is 40.1 Å². The molecule has 0 aromatic carbocycles. The first-order chi connectivity index (χ1) is 15.7. The molecule has 0 bridgehead atoms. The molecular formula is C22H29N5O5S. The average molecular weight is 476 g/mol. The van der Waals surface area contributed by atoms with Gasteiger partial charge in [-0.1, -0.05) is 13.8 Å². The fourth-order valence-electron chi connectivity index (χ4n) is 3.53. The Labute approximate surface area is 196 Å². The molecule has 2 aromatic heterocycles.